The fourth-order valence-corrected chi connectivity index (χ4v) is 2.68. The van der Waals surface area contributed by atoms with Crippen LogP contribution < -0.4 is 10.6 Å². The predicted octanol–water partition coefficient (Wildman–Crippen LogP) is 1.55. The van der Waals surface area contributed by atoms with E-state index in [2.05, 4.69) is 21.5 Å². The fourth-order valence-electron chi connectivity index (χ4n) is 1.12. The molecule has 6 heteroatoms. The quantitative estimate of drug-likeness (QED) is 0.429. The molecule has 0 bridgehead atoms. The third kappa shape index (κ3) is 6.19. The van der Waals surface area contributed by atoms with Gasteiger partial charge in [0.15, 0.2) is 0 Å². The summed E-state index contributed by atoms with van der Waals surface area (Å²) in [5, 5.41) is 17.8. The van der Waals surface area contributed by atoms with Gasteiger partial charge in [0.1, 0.15) is 10.8 Å². The van der Waals surface area contributed by atoms with E-state index < -0.39 is 0 Å². The summed E-state index contributed by atoms with van der Waals surface area (Å²) in [6.07, 6.45) is 8.38. The molecule has 4 nitrogen and oxygen atoms in total. The van der Waals surface area contributed by atoms with E-state index >= 15 is 0 Å². The number of hydrogen-bond acceptors (Lipinski definition) is 6. The zero-order valence-electron chi connectivity index (χ0n) is 9.85. The number of aromatic nitrogens is 1. The number of thiazole rings is 1. The zero-order chi connectivity index (χ0) is 13.1. The molecule has 0 atom stereocenters. The number of rotatable bonds is 8. The molecule has 1 aromatic rings. The van der Waals surface area contributed by atoms with Crippen LogP contribution in [0.25, 0.3) is 0 Å². The molecule has 0 radical (unpaired) electrons. The highest BCUT2D eigenvalue weighted by molar-refractivity contribution is 7.98. The molecule has 2 N–H and O–H groups in total. The van der Waals surface area contributed by atoms with Crippen LogP contribution in [0.4, 0.5) is 0 Å². The number of nitrogens with zero attached hydrogens (tertiary/aromatic N) is 2. The minimum Gasteiger partial charge on any atom is -0.370 e. The van der Waals surface area contributed by atoms with Crippen LogP contribution in [0.2, 0.25) is 0 Å². The molecule has 0 spiro atoms. The Hall–Kier alpha value is -1.63. The fraction of sp³-hybridized carbons (Fsp3) is 0.333. The van der Waals surface area contributed by atoms with Gasteiger partial charge in [0.05, 0.1) is 18.7 Å². The maximum absolute atomic E-state index is 8.59. The van der Waals surface area contributed by atoms with E-state index in [-0.39, 0.29) is 0 Å². The van der Waals surface area contributed by atoms with Gasteiger partial charge in [0.2, 0.25) is 0 Å². The molecule has 1 aromatic heterocycles. The lowest BCUT2D eigenvalue weighted by atomic mass is 10.5. The summed E-state index contributed by atoms with van der Waals surface area (Å²) >= 11 is 3.47. The van der Waals surface area contributed by atoms with Gasteiger partial charge in [-0.2, -0.15) is 17.0 Å². The first kappa shape index (κ1) is 14.4. The van der Waals surface area contributed by atoms with Crippen LogP contribution in [0.15, 0.2) is 23.5 Å². The van der Waals surface area contributed by atoms with Crippen LogP contribution in [0.3, 0.4) is 0 Å². The molecule has 0 saturated carbocycles. The normalized spacial score (nSPS) is 10.4. The maximum atomic E-state index is 8.59. The Morgan fingerprint density at radius 3 is 3.17 bits per heavy atom. The van der Waals surface area contributed by atoms with Crippen molar-refractivity contribution in [3.05, 3.63) is 28.5 Å². The Morgan fingerprint density at radius 1 is 1.61 bits per heavy atom. The number of nitrogens with one attached hydrogen (secondary N) is 2. The molecule has 1 rings (SSSR count). The predicted molar refractivity (Wildman–Crippen MR) is 76.8 cm³/mol. The van der Waals surface area contributed by atoms with Crippen molar-refractivity contribution in [1.82, 2.24) is 15.6 Å². The average Bonchev–Trinajstić information content (AvgIpc) is 2.88. The summed E-state index contributed by atoms with van der Waals surface area (Å²) in [5.41, 5.74) is 0. The Morgan fingerprint density at radius 2 is 2.50 bits per heavy atom. The van der Waals surface area contributed by atoms with Crippen molar-refractivity contribution in [1.29, 1.82) is 5.26 Å². The first-order valence-corrected chi connectivity index (χ1v) is 7.37. The second-order valence-corrected chi connectivity index (χ2v) is 5.23. The molecule has 0 aliphatic carbocycles. The van der Waals surface area contributed by atoms with E-state index in [1.807, 2.05) is 17.6 Å². The van der Waals surface area contributed by atoms with Crippen LogP contribution in [0.5, 0.6) is 0 Å². The van der Waals surface area contributed by atoms with E-state index in [9.17, 15) is 0 Å². The second-order valence-electron chi connectivity index (χ2n) is 3.15. The van der Waals surface area contributed by atoms with Crippen LogP contribution in [-0.2, 0) is 5.75 Å². The summed E-state index contributed by atoms with van der Waals surface area (Å²) in [6.45, 7) is 1.19. The molecule has 0 saturated heterocycles. The van der Waals surface area contributed by atoms with Crippen molar-refractivity contribution in [2.45, 2.75) is 5.75 Å². The third-order valence-electron chi connectivity index (χ3n) is 1.86. The van der Waals surface area contributed by atoms with E-state index in [1.165, 1.54) is 6.08 Å². The molecule has 1 heterocycles. The molecular formula is C12H14N4S2. The number of terminal acetylenes is 1. The number of allylic oxidation sites excluding steroid dienone is 1. The zero-order valence-corrected chi connectivity index (χ0v) is 11.5. The van der Waals surface area contributed by atoms with Gasteiger partial charge in [0.25, 0.3) is 0 Å². The Labute approximate surface area is 116 Å². The van der Waals surface area contributed by atoms with Gasteiger partial charge >= 0.3 is 0 Å². The highest BCUT2D eigenvalue weighted by Gasteiger charge is 1.97. The van der Waals surface area contributed by atoms with E-state index in [0.717, 1.165) is 23.1 Å². The molecule has 18 heavy (non-hydrogen) atoms. The van der Waals surface area contributed by atoms with Gasteiger partial charge in [-0.05, 0) is 0 Å². The maximum Gasteiger partial charge on any atom is 0.110 e. The summed E-state index contributed by atoms with van der Waals surface area (Å²) in [5.74, 6) is 5.00. The molecule has 0 aromatic carbocycles. The van der Waals surface area contributed by atoms with Gasteiger partial charge in [-0.15, -0.1) is 17.8 Å². The topological polar surface area (TPSA) is 60.7 Å². The standard InChI is InChI=1S/C12H14N4S2/c1-2-5-14-11(3-4-13)15-6-8-17-10-12-16-7-9-18-12/h1,3,7,9,14-15H,5-6,8,10H2/b11-3-. The van der Waals surface area contributed by atoms with Gasteiger partial charge in [-0.3, -0.25) is 0 Å². The molecule has 0 aliphatic heterocycles. The van der Waals surface area contributed by atoms with Crippen LogP contribution in [-0.4, -0.2) is 23.8 Å². The van der Waals surface area contributed by atoms with Gasteiger partial charge in [0, 0.05) is 29.6 Å². The van der Waals surface area contributed by atoms with Gasteiger partial charge < -0.3 is 10.6 Å². The van der Waals surface area contributed by atoms with Gasteiger partial charge in [-0.1, -0.05) is 5.92 Å². The number of thioether (sulfide) groups is 1. The Kier molecular flexibility index (Phi) is 7.54. The molecule has 94 valence electrons. The van der Waals surface area contributed by atoms with Gasteiger partial charge in [-0.25, -0.2) is 4.98 Å². The SMILES string of the molecule is C#CCN/C(=C/C#N)NCCSCc1nccs1. The smallest absolute Gasteiger partial charge is 0.110 e. The van der Waals surface area contributed by atoms with Crippen LogP contribution in [0, 0.1) is 23.7 Å². The minimum atomic E-state index is 0.409. The Balaban J connectivity index is 2.13. The summed E-state index contributed by atoms with van der Waals surface area (Å²) in [6, 6.07) is 1.97. The summed E-state index contributed by atoms with van der Waals surface area (Å²) in [4.78, 5) is 4.21. The minimum absolute atomic E-state index is 0.409. The Bertz CT molecular complexity index is 440. The van der Waals surface area contributed by atoms with E-state index in [4.69, 9.17) is 11.7 Å². The third-order valence-corrected chi connectivity index (χ3v) is 3.79. The number of nitriles is 1. The van der Waals surface area contributed by atoms with E-state index in [1.54, 1.807) is 23.1 Å². The molecule has 0 aliphatic rings. The molecule has 0 amide bonds. The van der Waals surface area contributed by atoms with Crippen molar-refractivity contribution in [3.8, 4) is 18.4 Å². The summed E-state index contributed by atoms with van der Waals surface area (Å²) < 4.78 is 0. The molecule has 0 fully saturated rings. The second kappa shape index (κ2) is 9.41. The lowest BCUT2D eigenvalue weighted by Crippen LogP contribution is -2.28. The lowest BCUT2D eigenvalue weighted by Gasteiger charge is -2.09. The van der Waals surface area contributed by atoms with Crippen molar-refractivity contribution < 1.29 is 0 Å². The van der Waals surface area contributed by atoms with E-state index in [0.29, 0.717) is 12.4 Å². The highest BCUT2D eigenvalue weighted by atomic mass is 32.2. The summed E-state index contributed by atoms with van der Waals surface area (Å²) in [7, 11) is 0. The van der Waals surface area contributed by atoms with Crippen molar-refractivity contribution in [2.75, 3.05) is 18.8 Å². The number of hydrogen-bond donors (Lipinski definition) is 2. The monoisotopic (exact) mass is 278 g/mol. The average molecular weight is 278 g/mol. The van der Waals surface area contributed by atoms with Crippen molar-refractivity contribution in [2.24, 2.45) is 0 Å². The van der Waals surface area contributed by atoms with Crippen LogP contribution in [0.1, 0.15) is 5.01 Å². The van der Waals surface area contributed by atoms with Crippen molar-refractivity contribution in [3.63, 3.8) is 0 Å². The molecular weight excluding hydrogens is 264 g/mol. The first-order chi connectivity index (χ1) is 8.86. The highest BCUT2D eigenvalue weighted by Crippen LogP contribution is 2.13. The first-order valence-electron chi connectivity index (χ1n) is 5.34. The lowest BCUT2D eigenvalue weighted by molar-refractivity contribution is 0.749. The van der Waals surface area contributed by atoms with Crippen LogP contribution >= 0.6 is 23.1 Å². The molecule has 0 unspecified atom stereocenters. The largest absolute Gasteiger partial charge is 0.370 e. The van der Waals surface area contributed by atoms with Crippen molar-refractivity contribution >= 4 is 23.1 Å².